The van der Waals surface area contributed by atoms with Crippen LogP contribution in [0.3, 0.4) is 0 Å². The summed E-state index contributed by atoms with van der Waals surface area (Å²) in [5, 5.41) is 9.78. The predicted molar refractivity (Wildman–Crippen MR) is 110 cm³/mol. The van der Waals surface area contributed by atoms with E-state index in [4.69, 9.17) is 10.5 Å². The van der Waals surface area contributed by atoms with Crippen molar-refractivity contribution in [1.29, 1.82) is 5.26 Å². The number of aryl methyl sites for hydroxylation is 1. The van der Waals surface area contributed by atoms with Gasteiger partial charge in [-0.1, -0.05) is 50.7 Å². The molecule has 0 bridgehead atoms. The number of hydrogen-bond acceptors (Lipinski definition) is 4. The first-order chi connectivity index (χ1) is 13.2. The maximum atomic E-state index is 9.78. The third-order valence-electron chi connectivity index (χ3n) is 5.49. The van der Waals surface area contributed by atoms with Crippen LogP contribution < -0.4 is 10.5 Å². The number of fused-ring (bicyclic) bond motifs is 1. The van der Waals surface area contributed by atoms with Gasteiger partial charge in [-0.2, -0.15) is 5.26 Å². The molecular weight excluding hydrogens is 334 g/mol. The lowest BCUT2D eigenvalue weighted by Crippen LogP contribution is -2.09. The Morgan fingerprint density at radius 1 is 0.926 bits per heavy atom. The van der Waals surface area contributed by atoms with Crippen molar-refractivity contribution in [1.82, 2.24) is 4.98 Å². The SMILES string of the molecule is COc1ccc(-c2c(C#N)c(N)nc3c2CCCCCCCCCC3)cc1. The standard InChI is InChI=1S/C23H29N3O/c1-27-18-14-12-17(13-15-18)22-19-10-8-6-4-2-3-5-7-9-11-21(19)26-23(25)20(22)16-24/h12-15H,2-11H2,1H3,(H2,25,26). The minimum Gasteiger partial charge on any atom is -0.497 e. The van der Waals surface area contributed by atoms with Crippen molar-refractivity contribution in [3.8, 4) is 22.9 Å². The zero-order valence-electron chi connectivity index (χ0n) is 16.3. The Morgan fingerprint density at radius 3 is 2.11 bits per heavy atom. The van der Waals surface area contributed by atoms with E-state index in [2.05, 4.69) is 11.1 Å². The number of hydrogen-bond donors (Lipinski definition) is 1. The average Bonchev–Trinajstić information content (AvgIpc) is 2.68. The second kappa shape index (κ2) is 9.41. The molecule has 0 spiro atoms. The molecule has 1 aromatic heterocycles. The van der Waals surface area contributed by atoms with Crippen LogP contribution in [0.2, 0.25) is 0 Å². The second-order valence-corrected chi connectivity index (χ2v) is 7.34. The van der Waals surface area contributed by atoms with Gasteiger partial charge in [-0.3, -0.25) is 0 Å². The number of benzene rings is 1. The smallest absolute Gasteiger partial charge is 0.142 e. The highest BCUT2D eigenvalue weighted by atomic mass is 16.5. The van der Waals surface area contributed by atoms with E-state index in [1.807, 2.05) is 24.3 Å². The molecule has 1 aromatic carbocycles. The molecule has 0 saturated heterocycles. The molecule has 4 nitrogen and oxygen atoms in total. The maximum absolute atomic E-state index is 9.78. The third kappa shape index (κ3) is 4.60. The van der Waals surface area contributed by atoms with Crippen molar-refractivity contribution in [2.45, 2.75) is 64.2 Å². The molecule has 142 valence electrons. The fourth-order valence-electron chi connectivity index (χ4n) is 4.01. The van der Waals surface area contributed by atoms with Crippen LogP contribution in [0.25, 0.3) is 11.1 Å². The van der Waals surface area contributed by atoms with Crippen molar-refractivity contribution in [2.75, 3.05) is 12.8 Å². The van der Waals surface area contributed by atoms with Gasteiger partial charge >= 0.3 is 0 Å². The lowest BCUT2D eigenvalue weighted by molar-refractivity contribution is 0.415. The Hall–Kier alpha value is -2.54. The van der Waals surface area contributed by atoms with Gasteiger partial charge in [0, 0.05) is 11.3 Å². The normalized spacial score (nSPS) is 15.7. The number of nitrogen functional groups attached to an aromatic ring is 1. The molecule has 0 unspecified atom stereocenters. The van der Waals surface area contributed by atoms with Crippen LogP contribution >= 0.6 is 0 Å². The van der Waals surface area contributed by atoms with Gasteiger partial charge in [0.1, 0.15) is 23.2 Å². The number of rotatable bonds is 2. The Morgan fingerprint density at radius 2 is 1.52 bits per heavy atom. The van der Waals surface area contributed by atoms with Gasteiger partial charge in [0.2, 0.25) is 0 Å². The number of methoxy groups -OCH3 is 1. The van der Waals surface area contributed by atoms with Crippen molar-refractivity contribution in [3.05, 3.63) is 41.1 Å². The van der Waals surface area contributed by atoms with Gasteiger partial charge in [-0.25, -0.2) is 4.98 Å². The highest BCUT2D eigenvalue weighted by Gasteiger charge is 2.20. The van der Waals surface area contributed by atoms with Crippen LogP contribution in [-0.2, 0) is 12.8 Å². The summed E-state index contributed by atoms with van der Waals surface area (Å²) in [4.78, 5) is 4.66. The average molecular weight is 364 g/mol. The summed E-state index contributed by atoms with van der Waals surface area (Å²) in [6, 6.07) is 10.2. The Balaban J connectivity index is 2.09. The molecule has 0 saturated carbocycles. The highest BCUT2D eigenvalue weighted by Crippen LogP contribution is 2.35. The number of nitrogens with two attached hydrogens (primary N) is 1. The first-order valence-electron chi connectivity index (χ1n) is 10.1. The van der Waals surface area contributed by atoms with E-state index in [0.717, 1.165) is 48.3 Å². The Bertz CT molecular complexity index is 806. The highest BCUT2D eigenvalue weighted by molar-refractivity contribution is 5.79. The van der Waals surface area contributed by atoms with Gasteiger partial charge < -0.3 is 10.5 Å². The summed E-state index contributed by atoms with van der Waals surface area (Å²) in [5.41, 5.74) is 11.0. The molecule has 3 rings (SSSR count). The summed E-state index contributed by atoms with van der Waals surface area (Å²) >= 11 is 0. The Kier molecular flexibility index (Phi) is 6.70. The quantitative estimate of drug-likeness (QED) is 0.772. The third-order valence-corrected chi connectivity index (χ3v) is 5.49. The molecule has 1 aliphatic rings. The lowest BCUT2D eigenvalue weighted by Gasteiger charge is -2.18. The van der Waals surface area contributed by atoms with Crippen LogP contribution in [0.15, 0.2) is 24.3 Å². The molecule has 1 aliphatic carbocycles. The molecule has 1 heterocycles. The van der Waals surface area contributed by atoms with Crippen LogP contribution in [0.4, 0.5) is 5.82 Å². The van der Waals surface area contributed by atoms with Gasteiger partial charge in [0.15, 0.2) is 0 Å². The van der Waals surface area contributed by atoms with E-state index in [1.54, 1.807) is 7.11 Å². The van der Waals surface area contributed by atoms with Crippen molar-refractivity contribution in [2.24, 2.45) is 0 Å². The zero-order chi connectivity index (χ0) is 19.1. The first-order valence-corrected chi connectivity index (χ1v) is 10.1. The molecule has 0 atom stereocenters. The van der Waals surface area contributed by atoms with E-state index >= 15 is 0 Å². The van der Waals surface area contributed by atoms with Crippen LogP contribution in [0.1, 0.15) is 68.2 Å². The molecule has 2 aromatic rings. The molecule has 27 heavy (non-hydrogen) atoms. The monoisotopic (exact) mass is 363 g/mol. The molecule has 4 heteroatoms. The maximum Gasteiger partial charge on any atom is 0.142 e. The summed E-state index contributed by atoms with van der Waals surface area (Å²) in [7, 11) is 1.66. The lowest BCUT2D eigenvalue weighted by atomic mass is 9.89. The van der Waals surface area contributed by atoms with E-state index < -0.39 is 0 Å². The molecule has 0 radical (unpaired) electrons. The summed E-state index contributed by atoms with van der Waals surface area (Å²) < 4.78 is 5.29. The van der Waals surface area contributed by atoms with Crippen molar-refractivity contribution < 1.29 is 4.74 Å². The number of aromatic nitrogens is 1. The number of ether oxygens (including phenoxy) is 1. The van der Waals surface area contributed by atoms with Crippen molar-refractivity contribution >= 4 is 5.82 Å². The van der Waals surface area contributed by atoms with E-state index in [1.165, 1.54) is 44.1 Å². The van der Waals surface area contributed by atoms with Gasteiger partial charge in [-0.15, -0.1) is 0 Å². The second-order valence-electron chi connectivity index (χ2n) is 7.34. The minimum atomic E-state index is 0.356. The fraction of sp³-hybridized carbons (Fsp3) is 0.478. The molecule has 0 aliphatic heterocycles. The fourth-order valence-corrected chi connectivity index (χ4v) is 4.01. The van der Waals surface area contributed by atoms with Crippen molar-refractivity contribution in [3.63, 3.8) is 0 Å². The van der Waals surface area contributed by atoms with E-state index in [0.29, 0.717) is 11.4 Å². The van der Waals surface area contributed by atoms with Gasteiger partial charge in [-0.05, 0) is 48.9 Å². The largest absolute Gasteiger partial charge is 0.497 e. The molecule has 2 N–H and O–H groups in total. The van der Waals surface area contributed by atoms with Crippen LogP contribution in [-0.4, -0.2) is 12.1 Å². The number of nitriles is 1. The predicted octanol–water partition coefficient (Wildman–Crippen LogP) is 5.43. The minimum absolute atomic E-state index is 0.356. The molecule has 0 amide bonds. The topological polar surface area (TPSA) is 71.9 Å². The number of pyridine rings is 1. The summed E-state index contributed by atoms with van der Waals surface area (Å²) in [6.45, 7) is 0. The Labute approximate surface area is 162 Å². The molecular formula is C23H29N3O. The van der Waals surface area contributed by atoms with Gasteiger partial charge in [0.25, 0.3) is 0 Å². The number of anilines is 1. The first kappa shape index (κ1) is 19.2. The van der Waals surface area contributed by atoms with Gasteiger partial charge in [0.05, 0.1) is 7.11 Å². The summed E-state index contributed by atoms with van der Waals surface area (Å²) in [6.07, 6.45) is 11.9. The molecule has 0 fully saturated rings. The van der Waals surface area contributed by atoms with E-state index in [9.17, 15) is 5.26 Å². The number of nitrogens with zero attached hydrogens (tertiary/aromatic N) is 2. The van der Waals surface area contributed by atoms with Crippen LogP contribution in [0, 0.1) is 11.3 Å². The summed E-state index contributed by atoms with van der Waals surface area (Å²) in [5.74, 6) is 1.16. The zero-order valence-corrected chi connectivity index (χ0v) is 16.3. The van der Waals surface area contributed by atoms with E-state index in [-0.39, 0.29) is 0 Å². The van der Waals surface area contributed by atoms with Crippen LogP contribution in [0.5, 0.6) is 5.75 Å².